The topological polar surface area (TPSA) is 15.7 Å². The highest BCUT2D eigenvalue weighted by molar-refractivity contribution is 5.32. The summed E-state index contributed by atoms with van der Waals surface area (Å²) in [7, 11) is 2.16. The molecule has 1 aliphatic rings. The average Bonchev–Trinajstić information content (AvgIpc) is 2.50. The highest BCUT2D eigenvalue weighted by atomic mass is 19.1. The minimum atomic E-state index is -0.129. The molecule has 1 aliphatic heterocycles. The van der Waals surface area contributed by atoms with Gasteiger partial charge in [0.25, 0.3) is 0 Å². The molecule has 0 amide bonds. The van der Waals surface area contributed by atoms with Crippen molar-refractivity contribution in [3.63, 3.8) is 0 Å². The van der Waals surface area contributed by atoms with Crippen LogP contribution in [0.3, 0.4) is 0 Å². The number of ether oxygens (including phenoxy) is 1. The van der Waals surface area contributed by atoms with Gasteiger partial charge in [0.15, 0.2) is 0 Å². The van der Waals surface area contributed by atoms with Gasteiger partial charge in [-0.1, -0.05) is 13.8 Å². The van der Waals surface area contributed by atoms with Crippen LogP contribution in [0.4, 0.5) is 4.39 Å². The Labute approximate surface area is 127 Å². The first-order valence-electron chi connectivity index (χ1n) is 7.93. The predicted octanol–water partition coefficient (Wildman–Crippen LogP) is 2.97. The van der Waals surface area contributed by atoms with E-state index in [0.29, 0.717) is 6.61 Å². The SMILES string of the molecule is CCC(C)c1cc(OCCN2CCN(C)CC2)ccc1F. The highest BCUT2D eigenvalue weighted by Gasteiger charge is 2.14. The van der Waals surface area contributed by atoms with E-state index < -0.39 is 0 Å². The van der Waals surface area contributed by atoms with Crippen LogP contribution >= 0.6 is 0 Å². The van der Waals surface area contributed by atoms with E-state index in [1.165, 1.54) is 6.07 Å². The van der Waals surface area contributed by atoms with Crippen molar-refractivity contribution in [2.24, 2.45) is 0 Å². The highest BCUT2D eigenvalue weighted by Crippen LogP contribution is 2.26. The van der Waals surface area contributed by atoms with Crippen LogP contribution in [0.25, 0.3) is 0 Å². The fraction of sp³-hybridized carbons (Fsp3) is 0.647. The van der Waals surface area contributed by atoms with Crippen molar-refractivity contribution in [2.45, 2.75) is 26.2 Å². The van der Waals surface area contributed by atoms with Gasteiger partial charge in [0.2, 0.25) is 0 Å². The normalized spacial score (nSPS) is 18.7. The molecule has 0 spiro atoms. The molecule has 1 heterocycles. The van der Waals surface area contributed by atoms with Crippen LogP contribution in [0.2, 0.25) is 0 Å². The molecule has 4 heteroatoms. The minimum absolute atomic E-state index is 0.129. The standard InChI is InChI=1S/C17H27FN2O/c1-4-14(2)16-13-15(5-6-17(16)18)21-12-11-20-9-7-19(3)8-10-20/h5-6,13-14H,4,7-12H2,1-3H3. The molecule has 118 valence electrons. The van der Waals surface area contributed by atoms with Crippen LogP contribution in [0.5, 0.6) is 5.75 Å². The van der Waals surface area contributed by atoms with Crippen molar-refractivity contribution >= 4 is 0 Å². The molecular weight excluding hydrogens is 267 g/mol. The molecule has 1 aromatic carbocycles. The van der Waals surface area contributed by atoms with Crippen molar-refractivity contribution in [2.75, 3.05) is 46.4 Å². The predicted molar refractivity (Wildman–Crippen MR) is 84.5 cm³/mol. The molecule has 0 saturated carbocycles. The van der Waals surface area contributed by atoms with Gasteiger partial charge >= 0.3 is 0 Å². The number of rotatable bonds is 6. The van der Waals surface area contributed by atoms with E-state index in [1.807, 2.05) is 13.0 Å². The third kappa shape index (κ3) is 4.68. The number of halogens is 1. The first-order chi connectivity index (χ1) is 10.1. The van der Waals surface area contributed by atoms with Crippen LogP contribution in [-0.2, 0) is 0 Å². The first-order valence-corrected chi connectivity index (χ1v) is 7.93. The zero-order valence-electron chi connectivity index (χ0n) is 13.4. The van der Waals surface area contributed by atoms with E-state index in [9.17, 15) is 4.39 Å². The molecular formula is C17H27FN2O. The summed E-state index contributed by atoms with van der Waals surface area (Å²) in [6.07, 6.45) is 0.932. The lowest BCUT2D eigenvalue weighted by molar-refractivity contribution is 0.133. The summed E-state index contributed by atoms with van der Waals surface area (Å²) < 4.78 is 19.6. The van der Waals surface area contributed by atoms with Gasteiger partial charge in [-0.05, 0) is 43.1 Å². The maximum atomic E-state index is 13.8. The molecule has 0 aliphatic carbocycles. The molecule has 21 heavy (non-hydrogen) atoms. The largest absolute Gasteiger partial charge is 0.492 e. The van der Waals surface area contributed by atoms with Gasteiger partial charge in [0, 0.05) is 32.7 Å². The van der Waals surface area contributed by atoms with Crippen molar-refractivity contribution in [3.8, 4) is 5.75 Å². The lowest BCUT2D eigenvalue weighted by Crippen LogP contribution is -2.45. The van der Waals surface area contributed by atoms with Crippen LogP contribution in [0.1, 0.15) is 31.7 Å². The Morgan fingerprint density at radius 2 is 1.95 bits per heavy atom. The number of hydrogen-bond acceptors (Lipinski definition) is 3. The van der Waals surface area contributed by atoms with Gasteiger partial charge in [0.1, 0.15) is 18.2 Å². The van der Waals surface area contributed by atoms with Crippen molar-refractivity contribution in [1.29, 1.82) is 0 Å². The smallest absolute Gasteiger partial charge is 0.126 e. The van der Waals surface area contributed by atoms with E-state index in [1.54, 1.807) is 6.07 Å². The van der Waals surface area contributed by atoms with Gasteiger partial charge in [-0.25, -0.2) is 4.39 Å². The molecule has 0 bridgehead atoms. The van der Waals surface area contributed by atoms with Gasteiger partial charge in [-0.3, -0.25) is 4.90 Å². The Balaban J connectivity index is 1.83. The van der Waals surface area contributed by atoms with E-state index in [-0.39, 0.29) is 11.7 Å². The maximum absolute atomic E-state index is 13.8. The average molecular weight is 294 g/mol. The molecule has 1 atom stereocenters. The molecule has 2 rings (SSSR count). The maximum Gasteiger partial charge on any atom is 0.126 e. The third-order valence-electron chi connectivity index (χ3n) is 4.38. The molecule has 1 unspecified atom stereocenters. The summed E-state index contributed by atoms with van der Waals surface area (Å²) in [4.78, 5) is 4.76. The van der Waals surface area contributed by atoms with Crippen LogP contribution < -0.4 is 4.74 Å². The number of benzene rings is 1. The zero-order valence-corrected chi connectivity index (χ0v) is 13.4. The molecule has 1 saturated heterocycles. The lowest BCUT2D eigenvalue weighted by Gasteiger charge is -2.32. The van der Waals surface area contributed by atoms with Gasteiger partial charge in [0.05, 0.1) is 0 Å². The summed E-state index contributed by atoms with van der Waals surface area (Å²) >= 11 is 0. The number of nitrogens with zero attached hydrogens (tertiary/aromatic N) is 2. The molecule has 0 N–H and O–H groups in total. The minimum Gasteiger partial charge on any atom is -0.492 e. The molecule has 1 aromatic rings. The van der Waals surface area contributed by atoms with E-state index >= 15 is 0 Å². The molecule has 1 fully saturated rings. The second-order valence-electron chi connectivity index (χ2n) is 5.99. The van der Waals surface area contributed by atoms with Gasteiger partial charge in [-0.15, -0.1) is 0 Å². The molecule has 0 aromatic heterocycles. The van der Waals surface area contributed by atoms with Crippen LogP contribution in [-0.4, -0.2) is 56.2 Å². The number of piperazine rings is 1. The van der Waals surface area contributed by atoms with Gasteiger partial charge < -0.3 is 9.64 Å². The van der Waals surface area contributed by atoms with Crippen LogP contribution in [0.15, 0.2) is 18.2 Å². The first kappa shape index (κ1) is 16.2. The Kier molecular flexibility index (Phi) is 6.00. The molecule has 0 radical (unpaired) electrons. The second kappa shape index (κ2) is 7.76. The summed E-state index contributed by atoms with van der Waals surface area (Å²) in [6.45, 7) is 10.2. The summed E-state index contributed by atoms with van der Waals surface area (Å²) in [6, 6.07) is 5.10. The van der Waals surface area contributed by atoms with E-state index in [4.69, 9.17) is 4.74 Å². The fourth-order valence-electron chi connectivity index (χ4n) is 2.57. The lowest BCUT2D eigenvalue weighted by atomic mass is 9.98. The Morgan fingerprint density at radius 1 is 1.24 bits per heavy atom. The summed E-state index contributed by atoms with van der Waals surface area (Å²) in [5.74, 6) is 0.878. The third-order valence-corrected chi connectivity index (χ3v) is 4.38. The van der Waals surface area contributed by atoms with Gasteiger partial charge in [-0.2, -0.15) is 0 Å². The van der Waals surface area contributed by atoms with Crippen molar-refractivity contribution in [3.05, 3.63) is 29.6 Å². The summed E-state index contributed by atoms with van der Waals surface area (Å²) in [5.41, 5.74) is 0.759. The zero-order chi connectivity index (χ0) is 15.2. The Morgan fingerprint density at radius 3 is 2.62 bits per heavy atom. The Hall–Kier alpha value is -1.13. The quantitative estimate of drug-likeness (QED) is 0.802. The number of likely N-dealkylation sites (N-methyl/N-ethyl adjacent to an activating group) is 1. The number of hydrogen-bond donors (Lipinski definition) is 0. The van der Waals surface area contributed by atoms with E-state index in [0.717, 1.165) is 50.5 Å². The van der Waals surface area contributed by atoms with Crippen molar-refractivity contribution < 1.29 is 9.13 Å². The van der Waals surface area contributed by atoms with Crippen molar-refractivity contribution in [1.82, 2.24) is 9.80 Å². The van der Waals surface area contributed by atoms with E-state index in [2.05, 4.69) is 23.8 Å². The molecule has 3 nitrogen and oxygen atoms in total. The fourth-order valence-corrected chi connectivity index (χ4v) is 2.57. The van der Waals surface area contributed by atoms with Crippen LogP contribution in [0, 0.1) is 5.82 Å². The second-order valence-corrected chi connectivity index (χ2v) is 5.99. The monoisotopic (exact) mass is 294 g/mol. The Bertz CT molecular complexity index is 444. The summed E-state index contributed by atoms with van der Waals surface area (Å²) in [5, 5.41) is 0.